The quantitative estimate of drug-likeness (QED) is 0.0183. The van der Waals surface area contributed by atoms with Gasteiger partial charge in [0.2, 0.25) is 0 Å². The van der Waals surface area contributed by atoms with Crippen molar-refractivity contribution in [3.05, 3.63) is 119 Å². The number of aromatic carboxylic acids is 1. The smallest absolute Gasteiger partial charge is 0.870 e. The number of sulfone groups is 2. The van der Waals surface area contributed by atoms with E-state index in [1.54, 1.807) is 48.2 Å². The fourth-order valence-corrected chi connectivity index (χ4v) is 11.2. The number of carbonyl (C=O) groups is 4. The summed E-state index contributed by atoms with van der Waals surface area (Å²) in [5, 5.41) is 13.2. The molecular formula is C43H52Br5NaO13S4. The predicted octanol–water partition coefficient (Wildman–Crippen LogP) is 8.08. The summed E-state index contributed by atoms with van der Waals surface area (Å²) in [6.45, 7) is 0. The Labute approximate surface area is 462 Å². The van der Waals surface area contributed by atoms with Crippen LogP contribution in [0.3, 0.4) is 0 Å². The molecule has 13 nitrogen and oxygen atoms in total. The van der Waals surface area contributed by atoms with Crippen molar-refractivity contribution >= 4 is 148 Å². The molecule has 2 N–H and O–H groups in total. The molecule has 0 aliphatic carbocycles. The van der Waals surface area contributed by atoms with Gasteiger partial charge < -0.3 is 24.8 Å². The molecule has 0 radical (unpaired) electrons. The summed E-state index contributed by atoms with van der Waals surface area (Å²) in [7, 11) is -2.51. The number of alkyl halides is 5. The first kappa shape index (κ1) is 69.0. The van der Waals surface area contributed by atoms with E-state index >= 15 is 0 Å². The predicted molar refractivity (Wildman–Crippen MR) is 278 cm³/mol. The largest absolute Gasteiger partial charge is 1.00 e. The van der Waals surface area contributed by atoms with Crippen LogP contribution in [-0.2, 0) is 33.9 Å². The van der Waals surface area contributed by atoms with E-state index in [4.69, 9.17) is 5.11 Å². The number of ether oxygens (including phenoxy) is 3. The fraction of sp³-hybridized carbons (Fsp3) is 0.349. The molecule has 0 saturated carbocycles. The molecule has 0 bridgehead atoms. The first-order valence-electron chi connectivity index (χ1n) is 18.9. The summed E-state index contributed by atoms with van der Waals surface area (Å²) >= 11 is 22.2. The van der Waals surface area contributed by atoms with Gasteiger partial charge in [-0.1, -0.05) is 79.6 Å². The minimum atomic E-state index is -3.29. The molecule has 4 aromatic carbocycles. The van der Waals surface area contributed by atoms with Crippen molar-refractivity contribution in [2.75, 3.05) is 65.2 Å². The molecule has 0 amide bonds. The molecular weight excluding hydrogens is 1280 g/mol. The number of halogens is 5. The van der Waals surface area contributed by atoms with Crippen LogP contribution in [0.1, 0.15) is 67.1 Å². The first-order valence-corrected chi connectivity index (χ1v) is 29.2. The summed E-state index contributed by atoms with van der Waals surface area (Å²) in [5.41, 5.74) is 1.57. The molecule has 4 rings (SSSR count). The Hall–Kier alpha value is -1.28. The van der Waals surface area contributed by atoms with Crippen LogP contribution in [-0.4, -0.2) is 117 Å². The van der Waals surface area contributed by atoms with Gasteiger partial charge in [-0.3, -0.25) is 0 Å². The van der Waals surface area contributed by atoms with Crippen LogP contribution in [0.5, 0.6) is 0 Å². The molecule has 23 heteroatoms. The van der Waals surface area contributed by atoms with Gasteiger partial charge in [0.15, 0.2) is 19.7 Å². The zero-order valence-electron chi connectivity index (χ0n) is 36.7. The minimum absolute atomic E-state index is 0. The number of rotatable bonds is 18. The average Bonchev–Trinajstić information content (AvgIpc) is 3.31. The maximum atomic E-state index is 11.8. The van der Waals surface area contributed by atoms with E-state index in [1.807, 2.05) is 12.1 Å². The van der Waals surface area contributed by atoms with Crippen molar-refractivity contribution in [3.8, 4) is 0 Å². The van der Waals surface area contributed by atoms with E-state index in [9.17, 15) is 36.0 Å². The van der Waals surface area contributed by atoms with Crippen molar-refractivity contribution in [3.63, 3.8) is 0 Å². The van der Waals surface area contributed by atoms with Crippen molar-refractivity contribution in [2.45, 2.75) is 45.3 Å². The Bertz CT molecular complexity index is 2180. The molecule has 0 aliphatic rings. The van der Waals surface area contributed by atoms with Crippen LogP contribution in [0.15, 0.2) is 117 Å². The standard InChI is InChI=1S/C11H13BrO4S.C11H13BrO2S.C10H11BrO4S.C8H8O2S.C3H6Br2.Na.H2O/c1-16-11(13)9-3-5-10(6-4-9)17(14,15)8-2-7-12;1-14-11(13)9-3-5-10(6-4-9)15-8-2-7-12;11-6-1-7-16(14,15)9-4-2-8(3-5-9)10(12)13;1-10-8(9)6-2-4-7(11)5-3-6;4-2-1-3-5;;/h3-6H,2,7-8H2,1H3;3-6H,2,7-8H2,1H3;2-5H,1,6-7H2,(H,12,13);2-5,11H,1H3;1-3H2;;1H2/q;;;;;+1;/p-1. The summed E-state index contributed by atoms with van der Waals surface area (Å²) in [6, 6.07) is 25.3. The molecule has 0 fully saturated rings. The van der Waals surface area contributed by atoms with Crippen molar-refractivity contribution < 1.29 is 90.4 Å². The van der Waals surface area contributed by atoms with Gasteiger partial charge in [-0.15, -0.1) is 24.4 Å². The number of esters is 3. The van der Waals surface area contributed by atoms with Gasteiger partial charge in [-0.2, -0.15) is 0 Å². The number of hydrogen-bond acceptors (Lipinski definition) is 14. The second kappa shape index (κ2) is 40.4. The van der Waals surface area contributed by atoms with E-state index in [1.165, 1.54) is 81.2 Å². The number of hydrogen-bond donors (Lipinski definition) is 2. The van der Waals surface area contributed by atoms with Gasteiger partial charge in [-0.05, 0) is 128 Å². The molecule has 0 aliphatic heterocycles. The number of carboxylic acid groups (broad SMARTS) is 1. The number of thioether (sulfide) groups is 1. The maximum Gasteiger partial charge on any atom is 1.00 e. The molecule has 0 heterocycles. The zero-order chi connectivity index (χ0) is 48.6. The number of thiol groups is 1. The Morgan fingerprint density at radius 3 is 1.11 bits per heavy atom. The van der Waals surface area contributed by atoms with Gasteiger partial charge in [0.25, 0.3) is 0 Å². The minimum Gasteiger partial charge on any atom is -0.870 e. The van der Waals surface area contributed by atoms with Crippen molar-refractivity contribution in [2.24, 2.45) is 0 Å². The van der Waals surface area contributed by atoms with Gasteiger partial charge in [-0.25, -0.2) is 36.0 Å². The van der Waals surface area contributed by atoms with Crippen LogP contribution in [0.2, 0.25) is 0 Å². The molecule has 0 spiro atoms. The Kier molecular flexibility index (Phi) is 42.3. The number of carbonyl (C=O) groups excluding carboxylic acids is 3. The molecule has 0 unspecified atom stereocenters. The summed E-state index contributed by atoms with van der Waals surface area (Å²) < 4.78 is 60.7. The number of carboxylic acids is 1. The van der Waals surface area contributed by atoms with Crippen LogP contribution >= 0.6 is 104 Å². The molecule has 362 valence electrons. The van der Waals surface area contributed by atoms with Crippen molar-refractivity contribution in [1.82, 2.24) is 0 Å². The van der Waals surface area contributed by atoms with Gasteiger partial charge in [0, 0.05) is 36.4 Å². The number of benzene rings is 4. The van der Waals surface area contributed by atoms with E-state index in [0.29, 0.717) is 40.2 Å². The fourth-order valence-electron chi connectivity index (χ4n) is 4.26. The summed E-state index contributed by atoms with van der Waals surface area (Å²) in [4.78, 5) is 46.2. The SMILES string of the molecule is BrCCCBr.COC(=O)c1ccc(S(=O)(=O)CCCBr)cc1.COC(=O)c1ccc(S)cc1.COC(=O)c1ccc(SCCCBr)cc1.O=C(O)c1ccc(S(=O)(=O)CCCBr)cc1.[Na+].[OH-]. The molecule has 0 aromatic heterocycles. The second-order valence-corrected chi connectivity index (χ2v) is 22.1. The third kappa shape index (κ3) is 29.7. The molecule has 0 atom stereocenters. The van der Waals surface area contributed by atoms with Crippen LogP contribution in [0, 0.1) is 0 Å². The molecule has 66 heavy (non-hydrogen) atoms. The normalized spacial score (nSPS) is 10.1. The Morgan fingerprint density at radius 1 is 0.515 bits per heavy atom. The zero-order valence-corrected chi connectivity index (χ0v) is 49.9. The van der Waals surface area contributed by atoms with E-state index in [0.717, 1.165) is 33.1 Å². The maximum absolute atomic E-state index is 11.8. The topological polar surface area (TPSA) is 214 Å². The average molecular weight is 1330 g/mol. The van der Waals surface area contributed by atoms with Gasteiger partial charge in [0.05, 0.1) is 64.9 Å². The van der Waals surface area contributed by atoms with Gasteiger partial charge >= 0.3 is 53.4 Å². The van der Waals surface area contributed by atoms with Crippen LogP contribution < -0.4 is 29.6 Å². The molecule has 0 saturated heterocycles. The third-order valence-electron chi connectivity index (χ3n) is 7.57. The third-order valence-corrected chi connectivity index (χ3v) is 15.4. The first-order chi connectivity index (χ1) is 30.4. The Morgan fingerprint density at radius 2 is 0.818 bits per heavy atom. The van der Waals surface area contributed by atoms with Crippen LogP contribution in [0.25, 0.3) is 0 Å². The van der Waals surface area contributed by atoms with E-state index < -0.39 is 31.6 Å². The monoisotopic (exact) mass is 1320 g/mol. The van der Waals surface area contributed by atoms with Crippen LogP contribution in [0.4, 0.5) is 0 Å². The van der Waals surface area contributed by atoms with Crippen molar-refractivity contribution in [1.29, 1.82) is 0 Å². The Balaban J connectivity index is -0.000000773. The molecule has 4 aromatic rings. The van der Waals surface area contributed by atoms with E-state index in [2.05, 4.69) is 106 Å². The van der Waals surface area contributed by atoms with E-state index in [-0.39, 0.29) is 73.8 Å². The summed E-state index contributed by atoms with van der Waals surface area (Å²) in [5.74, 6) is -0.910. The number of methoxy groups -OCH3 is 3. The summed E-state index contributed by atoms with van der Waals surface area (Å²) in [6.07, 6.45) is 3.45. The van der Waals surface area contributed by atoms with Gasteiger partial charge in [0.1, 0.15) is 0 Å². The second-order valence-electron chi connectivity index (χ2n) is 12.2.